The molecule has 2 aromatic rings. The Morgan fingerprint density at radius 1 is 1.39 bits per heavy atom. The maximum absolute atomic E-state index is 12.5. The molecule has 1 N–H and O–H groups in total. The summed E-state index contributed by atoms with van der Waals surface area (Å²) in [5, 5.41) is 13.1. The van der Waals surface area contributed by atoms with Crippen LogP contribution in [-0.4, -0.2) is 32.7 Å². The first-order chi connectivity index (χ1) is 11.1. The number of hydrogen-bond acceptors (Lipinski definition) is 5. The zero-order valence-electron chi connectivity index (χ0n) is 13.4. The van der Waals surface area contributed by atoms with Crippen molar-refractivity contribution >= 4 is 17.4 Å². The molecule has 1 fully saturated rings. The Morgan fingerprint density at radius 2 is 2.17 bits per heavy atom. The van der Waals surface area contributed by atoms with Crippen molar-refractivity contribution in [2.45, 2.75) is 45.2 Å². The van der Waals surface area contributed by atoms with E-state index in [0.717, 1.165) is 35.0 Å². The maximum atomic E-state index is 12.5. The summed E-state index contributed by atoms with van der Waals surface area (Å²) in [5.74, 6) is 0.367. The van der Waals surface area contributed by atoms with Crippen molar-refractivity contribution in [1.29, 1.82) is 0 Å². The summed E-state index contributed by atoms with van der Waals surface area (Å²) in [5.41, 5.74) is 1.14. The van der Waals surface area contributed by atoms with Gasteiger partial charge in [0.05, 0.1) is 12.6 Å². The van der Waals surface area contributed by atoms with E-state index in [1.165, 1.54) is 0 Å². The first kappa shape index (κ1) is 15.9. The van der Waals surface area contributed by atoms with E-state index in [4.69, 9.17) is 0 Å². The number of carbonyl (C=O) groups excluding carboxylic acids is 1. The van der Waals surface area contributed by atoms with Gasteiger partial charge in [0.2, 0.25) is 0 Å². The molecule has 23 heavy (non-hydrogen) atoms. The molecule has 2 aromatic heterocycles. The Bertz CT molecular complexity index is 658. The fraction of sp³-hybridized carbons (Fsp3) is 0.500. The van der Waals surface area contributed by atoms with Crippen LogP contribution in [0.15, 0.2) is 24.5 Å². The number of urea groups is 1. The Morgan fingerprint density at radius 3 is 2.87 bits per heavy atom. The molecule has 3 rings (SSSR count). The fourth-order valence-electron chi connectivity index (χ4n) is 2.77. The van der Waals surface area contributed by atoms with Gasteiger partial charge in [-0.2, -0.15) is 0 Å². The molecule has 0 bridgehead atoms. The molecule has 3 heterocycles. The standard InChI is InChI=1S/C16H21N5OS/c1-11(2)15-20-19-14(23-15)10-18-16(22)21-9-3-4-13(21)12-5-7-17-8-6-12/h5-8,11,13H,3-4,9-10H2,1-2H3,(H,18,22)/t13-/m1/s1. The average Bonchev–Trinajstić information content (AvgIpc) is 3.23. The van der Waals surface area contributed by atoms with E-state index in [1.807, 2.05) is 17.0 Å². The van der Waals surface area contributed by atoms with Crippen LogP contribution >= 0.6 is 11.3 Å². The van der Waals surface area contributed by atoms with Crippen LogP contribution in [0.5, 0.6) is 0 Å². The van der Waals surface area contributed by atoms with Gasteiger partial charge in [-0.3, -0.25) is 4.98 Å². The molecule has 0 spiro atoms. The molecule has 6 nitrogen and oxygen atoms in total. The van der Waals surface area contributed by atoms with E-state index in [2.05, 4.69) is 34.3 Å². The van der Waals surface area contributed by atoms with E-state index in [-0.39, 0.29) is 12.1 Å². The molecule has 1 aliphatic heterocycles. The van der Waals surface area contributed by atoms with Crippen LogP contribution < -0.4 is 5.32 Å². The number of amides is 2. The summed E-state index contributed by atoms with van der Waals surface area (Å²) in [6.45, 7) is 5.40. The first-order valence-electron chi connectivity index (χ1n) is 7.92. The van der Waals surface area contributed by atoms with Gasteiger partial charge in [-0.15, -0.1) is 10.2 Å². The van der Waals surface area contributed by atoms with Crippen molar-refractivity contribution in [3.05, 3.63) is 40.1 Å². The van der Waals surface area contributed by atoms with Gasteiger partial charge in [0.1, 0.15) is 10.0 Å². The number of hydrogen-bond donors (Lipinski definition) is 1. The van der Waals surface area contributed by atoms with E-state index >= 15 is 0 Å². The lowest BCUT2D eigenvalue weighted by atomic mass is 10.1. The minimum atomic E-state index is -0.0365. The lowest BCUT2D eigenvalue weighted by Crippen LogP contribution is -2.39. The van der Waals surface area contributed by atoms with Crippen molar-refractivity contribution in [3.63, 3.8) is 0 Å². The summed E-state index contributed by atoms with van der Waals surface area (Å²) in [6.07, 6.45) is 5.57. The van der Waals surface area contributed by atoms with Gasteiger partial charge in [0.15, 0.2) is 0 Å². The highest BCUT2D eigenvalue weighted by Crippen LogP contribution is 2.31. The molecule has 0 aromatic carbocycles. The van der Waals surface area contributed by atoms with Crippen molar-refractivity contribution < 1.29 is 4.79 Å². The fourth-order valence-corrected chi connectivity index (χ4v) is 3.55. The van der Waals surface area contributed by atoms with E-state index in [9.17, 15) is 4.79 Å². The van der Waals surface area contributed by atoms with Crippen molar-refractivity contribution in [1.82, 2.24) is 25.4 Å². The molecule has 7 heteroatoms. The monoisotopic (exact) mass is 331 g/mol. The van der Waals surface area contributed by atoms with Gasteiger partial charge in [0.25, 0.3) is 0 Å². The number of rotatable bonds is 4. The van der Waals surface area contributed by atoms with Crippen LogP contribution in [0.4, 0.5) is 4.79 Å². The van der Waals surface area contributed by atoms with Crippen LogP contribution in [0.3, 0.4) is 0 Å². The SMILES string of the molecule is CC(C)c1nnc(CNC(=O)N2CCC[C@@H]2c2ccncc2)s1. The molecule has 2 amide bonds. The second kappa shape index (κ2) is 7.04. The highest BCUT2D eigenvalue weighted by molar-refractivity contribution is 7.11. The third-order valence-corrected chi connectivity index (χ3v) is 5.20. The summed E-state index contributed by atoms with van der Waals surface area (Å²) in [7, 11) is 0. The molecule has 0 radical (unpaired) electrons. The minimum absolute atomic E-state index is 0.0365. The zero-order chi connectivity index (χ0) is 16.2. The predicted molar refractivity (Wildman–Crippen MR) is 89.2 cm³/mol. The molecule has 122 valence electrons. The molecular weight excluding hydrogens is 310 g/mol. The number of nitrogens with zero attached hydrogens (tertiary/aromatic N) is 4. The molecule has 0 saturated carbocycles. The first-order valence-corrected chi connectivity index (χ1v) is 8.73. The third-order valence-electron chi connectivity index (χ3n) is 3.97. The predicted octanol–water partition coefficient (Wildman–Crippen LogP) is 3.10. The molecular formula is C16H21N5OS. The van der Waals surface area contributed by atoms with Crippen molar-refractivity contribution in [2.24, 2.45) is 0 Å². The zero-order valence-corrected chi connectivity index (χ0v) is 14.2. The molecule has 1 aliphatic rings. The van der Waals surface area contributed by atoms with Gasteiger partial charge in [-0.25, -0.2) is 4.79 Å². The van der Waals surface area contributed by atoms with Gasteiger partial charge >= 0.3 is 6.03 Å². The van der Waals surface area contributed by atoms with Crippen molar-refractivity contribution in [3.8, 4) is 0 Å². The molecule has 1 saturated heterocycles. The third kappa shape index (κ3) is 3.67. The smallest absolute Gasteiger partial charge is 0.318 e. The summed E-state index contributed by atoms with van der Waals surface area (Å²) in [6, 6.07) is 4.07. The number of likely N-dealkylation sites (tertiary alicyclic amines) is 1. The van der Waals surface area contributed by atoms with Crippen LogP contribution in [0, 0.1) is 0 Å². The molecule has 0 unspecified atom stereocenters. The van der Waals surface area contributed by atoms with Crippen LogP contribution in [0.25, 0.3) is 0 Å². The van der Waals surface area contributed by atoms with Gasteiger partial charge < -0.3 is 10.2 Å². The highest BCUT2D eigenvalue weighted by atomic mass is 32.1. The van der Waals surface area contributed by atoms with Gasteiger partial charge in [0, 0.05) is 24.9 Å². The van der Waals surface area contributed by atoms with Gasteiger partial charge in [-0.05, 0) is 30.5 Å². The second-order valence-electron chi connectivity index (χ2n) is 5.98. The number of nitrogens with one attached hydrogen (secondary N) is 1. The number of aromatic nitrogens is 3. The molecule has 1 atom stereocenters. The molecule has 0 aliphatic carbocycles. The Balaban J connectivity index is 1.61. The van der Waals surface area contributed by atoms with Gasteiger partial charge in [-0.1, -0.05) is 25.2 Å². The average molecular weight is 331 g/mol. The normalized spacial score (nSPS) is 17.7. The Hall–Kier alpha value is -2.02. The highest BCUT2D eigenvalue weighted by Gasteiger charge is 2.29. The topological polar surface area (TPSA) is 71.0 Å². The minimum Gasteiger partial charge on any atom is -0.331 e. The maximum Gasteiger partial charge on any atom is 0.318 e. The van der Waals surface area contributed by atoms with Crippen LogP contribution in [0.2, 0.25) is 0 Å². The van der Waals surface area contributed by atoms with E-state index in [0.29, 0.717) is 12.5 Å². The summed E-state index contributed by atoms with van der Waals surface area (Å²) in [4.78, 5) is 18.4. The van der Waals surface area contributed by atoms with Crippen LogP contribution in [0.1, 0.15) is 54.2 Å². The second-order valence-corrected chi connectivity index (χ2v) is 7.07. The van der Waals surface area contributed by atoms with E-state index < -0.39 is 0 Å². The Labute approximate surface area is 140 Å². The van der Waals surface area contributed by atoms with E-state index in [1.54, 1.807) is 23.7 Å². The lowest BCUT2D eigenvalue weighted by molar-refractivity contribution is 0.192. The number of carbonyl (C=O) groups is 1. The quantitative estimate of drug-likeness (QED) is 0.934. The van der Waals surface area contributed by atoms with Crippen molar-refractivity contribution in [2.75, 3.05) is 6.54 Å². The summed E-state index contributed by atoms with van der Waals surface area (Å²) >= 11 is 1.56. The Kier molecular flexibility index (Phi) is 4.85. The van der Waals surface area contributed by atoms with Crippen LogP contribution in [-0.2, 0) is 6.54 Å². The summed E-state index contributed by atoms with van der Waals surface area (Å²) < 4.78 is 0. The largest absolute Gasteiger partial charge is 0.331 e. The lowest BCUT2D eigenvalue weighted by Gasteiger charge is -2.25. The number of pyridine rings is 1.